The zero-order valence-electron chi connectivity index (χ0n) is 19.5. The van der Waals surface area contributed by atoms with Gasteiger partial charge in [0.05, 0.1) is 5.56 Å². The lowest BCUT2D eigenvalue weighted by molar-refractivity contribution is -0.137. The van der Waals surface area contributed by atoms with Crippen molar-refractivity contribution in [1.82, 2.24) is 4.90 Å². The van der Waals surface area contributed by atoms with Crippen molar-refractivity contribution >= 4 is 23.3 Å². The van der Waals surface area contributed by atoms with Crippen molar-refractivity contribution in [1.29, 1.82) is 0 Å². The molecule has 0 saturated carbocycles. The first-order chi connectivity index (χ1) is 16.6. The summed E-state index contributed by atoms with van der Waals surface area (Å²) in [5, 5.41) is 2.64. The van der Waals surface area contributed by atoms with Crippen LogP contribution in [0.2, 0.25) is 0 Å². The summed E-state index contributed by atoms with van der Waals surface area (Å²) < 4.78 is 39.0. The SMILES string of the molecule is Cc1cc(C)cc(CN2CCCN(c3cccc(NC(=O)c4cccc(C(F)(F)F)c4)c3)C2=O)c1. The molecular weight excluding hydrogens is 455 g/mol. The summed E-state index contributed by atoms with van der Waals surface area (Å²) in [7, 11) is 0. The number of alkyl halides is 3. The van der Waals surface area contributed by atoms with Gasteiger partial charge in [0.25, 0.3) is 5.91 Å². The van der Waals surface area contributed by atoms with E-state index < -0.39 is 17.6 Å². The molecule has 1 N–H and O–H groups in total. The van der Waals surface area contributed by atoms with E-state index in [0.29, 0.717) is 31.0 Å². The topological polar surface area (TPSA) is 52.6 Å². The maximum atomic E-state index is 13.2. The number of hydrogen-bond donors (Lipinski definition) is 1. The maximum absolute atomic E-state index is 13.2. The molecule has 182 valence electrons. The molecule has 0 bridgehead atoms. The number of nitrogens with zero attached hydrogens (tertiary/aromatic N) is 2. The summed E-state index contributed by atoms with van der Waals surface area (Å²) >= 11 is 0. The molecule has 8 heteroatoms. The molecule has 0 atom stereocenters. The molecule has 1 fully saturated rings. The number of carbonyl (C=O) groups is 2. The van der Waals surface area contributed by atoms with E-state index in [1.54, 1.807) is 34.1 Å². The van der Waals surface area contributed by atoms with E-state index in [1.165, 1.54) is 12.1 Å². The van der Waals surface area contributed by atoms with Crippen molar-refractivity contribution in [3.05, 3.63) is 94.5 Å². The Labute approximate surface area is 202 Å². The highest BCUT2D eigenvalue weighted by molar-refractivity contribution is 6.05. The van der Waals surface area contributed by atoms with Crippen molar-refractivity contribution in [3.8, 4) is 0 Å². The Kier molecular flexibility index (Phi) is 6.82. The quantitative estimate of drug-likeness (QED) is 0.458. The molecule has 1 aliphatic rings. The van der Waals surface area contributed by atoms with Gasteiger partial charge in [-0.05, 0) is 62.2 Å². The van der Waals surface area contributed by atoms with E-state index >= 15 is 0 Å². The first kappa shape index (κ1) is 24.3. The molecule has 0 aromatic heterocycles. The zero-order valence-corrected chi connectivity index (χ0v) is 19.5. The Bertz CT molecular complexity index is 1240. The van der Waals surface area contributed by atoms with E-state index in [1.807, 2.05) is 13.8 Å². The number of hydrogen-bond acceptors (Lipinski definition) is 2. The molecule has 0 unspecified atom stereocenters. The molecule has 5 nitrogen and oxygen atoms in total. The largest absolute Gasteiger partial charge is 0.416 e. The Morgan fingerprint density at radius 2 is 1.66 bits per heavy atom. The van der Waals surface area contributed by atoms with Gasteiger partial charge in [-0.25, -0.2) is 4.79 Å². The predicted molar refractivity (Wildman–Crippen MR) is 130 cm³/mol. The summed E-state index contributed by atoms with van der Waals surface area (Å²) in [5.41, 5.74) is 3.38. The summed E-state index contributed by atoms with van der Waals surface area (Å²) in [5.74, 6) is -0.658. The van der Waals surface area contributed by atoms with Crippen molar-refractivity contribution in [2.45, 2.75) is 33.0 Å². The molecule has 3 aromatic rings. The first-order valence-electron chi connectivity index (χ1n) is 11.3. The smallest absolute Gasteiger partial charge is 0.322 e. The van der Waals surface area contributed by atoms with E-state index in [0.717, 1.165) is 35.2 Å². The number of carbonyl (C=O) groups excluding carboxylic acids is 2. The number of benzene rings is 3. The number of amides is 3. The van der Waals surface area contributed by atoms with Crippen molar-refractivity contribution in [2.75, 3.05) is 23.3 Å². The summed E-state index contributed by atoms with van der Waals surface area (Å²) in [6.45, 7) is 5.74. The highest BCUT2D eigenvalue weighted by atomic mass is 19.4. The van der Waals surface area contributed by atoms with E-state index in [9.17, 15) is 22.8 Å². The second-order valence-electron chi connectivity index (χ2n) is 8.79. The van der Waals surface area contributed by atoms with Gasteiger partial charge in [-0.15, -0.1) is 0 Å². The fourth-order valence-electron chi connectivity index (χ4n) is 4.34. The minimum absolute atomic E-state index is 0.0982. The van der Waals surface area contributed by atoms with Crippen LogP contribution in [0.5, 0.6) is 0 Å². The van der Waals surface area contributed by atoms with Gasteiger partial charge in [-0.2, -0.15) is 13.2 Å². The van der Waals surface area contributed by atoms with Gasteiger partial charge in [0, 0.05) is 36.6 Å². The van der Waals surface area contributed by atoms with Crippen LogP contribution in [-0.4, -0.2) is 29.9 Å². The molecule has 0 aliphatic carbocycles. The Morgan fingerprint density at radius 1 is 0.943 bits per heavy atom. The Hall–Kier alpha value is -3.81. The van der Waals surface area contributed by atoms with Crippen molar-refractivity contribution < 1.29 is 22.8 Å². The lowest BCUT2D eigenvalue weighted by Gasteiger charge is -2.36. The number of halogens is 3. The Balaban J connectivity index is 1.49. The molecule has 0 radical (unpaired) electrons. The number of anilines is 2. The number of nitrogens with one attached hydrogen (secondary N) is 1. The average molecular weight is 482 g/mol. The highest BCUT2D eigenvalue weighted by Gasteiger charge is 2.31. The lowest BCUT2D eigenvalue weighted by Crippen LogP contribution is -2.49. The van der Waals surface area contributed by atoms with Crippen LogP contribution in [0.4, 0.5) is 29.3 Å². The predicted octanol–water partition coefficient (Wildman–Crippen LogP) is 6.41. The highest BCUT2D eigenvalue weighted by Crippen LogP contribution is 2.30. The lowest BCUT2D eigenvalue weighted by atomic mass is 10.1. The van der Waals surface area contributed by atoms with Crippen LogP contribution >= 0.6 is 0 Å². The third kappa shape index (κ3) is 5.82. The maximum Gasteiger partial charge on any atom is 0.416 e. The molecule has 0 spiro atoms. The third-order valence-electron chi connectivity index (χ3n) is 5.83. The summed E-state index contributed by atoms with van der Waals surface area (Å²) in [6, 6.07) is 17.1. The van der Waals surface area contributed by atoms with E-state index in [2.05, 4.69) is 23.5 Å². The van der Waals surface area contributed by atoms with Gasteiger partial charge < -0.3 is 10.2 Å². The second-order valence-corrected chi connectivity index (χ2v) is 8.79. The van der Waals surface area contributed by atoms with Gasteiger partial charge in [0.2, 0.25) is 0 Å². The zero-order chi connectivity index (χ0) is 25.2. The molecule has 1 heterocycles. The number of rotatable bonds is 5. The van der Waals surface area contributed by atoms with Gasteiger partial charge in [-0.3, -0.25) is 9.69 Å². The number of urea groups is 1. The van der Waals surface area contributed by atoms with Crippen molar-refractivity contribution in [3.63, 3.8) is 0 Å². The average Bonchev–Trinajstić information content (AvgIpc) is 2.79. The van der Waals surface area contributed by atoms with Crippen LogP contribution in [0.1, 0.15) is 39.0 Å². The molecule has 35 heavy (non-hydrogen) atoms. The van der Waals surface area contributed by atoms with Gasteiger partial charge >= 0.3 is 12.2 Å². The van der Waals surface area contributed by atoms with Crippen LogP contribution in [0.3, 0.4) is 0 Å². The normalized spacial score (nSPS) is 14.3. The number of aryl methyl sites for hydroxylation is 2. The fourth-order valence-corrected chi connectivity index (χ4v) is 4.34. The van der Waals surface area contributed by atoms with Crippen LogP contribution in [0.15, 0.2) is 66.7 Å². The first-order valence-corrected chi connectivity index (χ1v) is 11.3. The van der Waals surface area contributed by atoms with Gasteiger partial charge in [0.1, 0.15) is 0 Å². The molecule has 4 rings (SSSR count). The van der Waals surface area contributed by atoms with Crippen LogP contribution in [0.25, 0.3) is 0 Å². The Morgan fingerprint density at radius 3 is 2.37 bits per heavy atom. The minimum Gasteiger partial charge on any atom is -0.322 e. The minimum atomic E-state index is -4.53. The van der Waals surface area contributed by atoms with E-state index in [-0.39, 0.29) is 11.6 Å². The second kappa shape index (κ2) is 9.82. The monoisotopic (exact) mass is 481 g/mol. The molecule has 1 saturated heterocycles. The van der Waals surface area contributed by atoms with Crippen molar-refractivity contribution in [2.24, 2.45) is 0 Å². The molecule has 1 aliphatic heterocycles. The van der Waals surface area contributed by atoms with Crippen LogP contribution in [0, 0.1) is 13.8 Å². The van der Waals surface area contributed by atoms with Gasteiger partial charge in [-0.1, -0.05) is 41.5 Å². The summed E-state index contributed by atoms with van der Waals surface area (Å²) in [4.78, 5) is 29.3. The standard InChI is InChI=1S/C27H26F3N3O2/c1-18-12-19(2)14-20(13-18)17-32-10-5-11-33(26(32)35)24-9-4-8-23(16-24)31-25(34)21-6-3-7-22(15-21)27(28,29)30/h3-4,6-9,12-16H,5,10-11,17H2,1-2H3,(H,31,34). The molecular formula is C27H26F3N3O2. The van der Waals surface area contributed by atoms with Crippen LogP contribution < -0.4 is 10.2 Å². The third-order valence-corrected chi connectivity index (χ3v) is 5.83. The summed E-state index contributed by atoms with van der Waals surface area (Å²) in [6.07, 6.45) is -3.74. The molecule has 3 amide bonds. The van der Waals surface area contributed by atoms with E-state index in [4.69, 9.17) is 0 Å². The van der Waals surface area contributed by atoms with Gasteiger partial charge in [0.15, 0.2) is 0 Å². The van der Waals surface area contributed by atoms with Crippen LogP contribution in [-0.2, 0) is 12.7 Å². The molecule has 3 aromatic carbocycles. The fraction of sp³-hybridized carbons (Fsp3) is 0.259.